The maximum absolute atomic E-state index is 12.9. The van der Waals surface area contributed by atoms with Crippen molar-refractivity contribution < 1.29 is 22.7 Å². The van der Waals surface area contributed by atoms with Crippen LogP contribution in [0.1, 0.15) is 28.8 Å². The Kier molecular flexibility index (Phi) is 6.70. The largest absolute Gasteiger partial charge is 0.482 e. The molecule has 1 N–H and O–H groups in total. The van der Waals surface area contributed by atoms with Crippen LogP contribution in [0, 0.1) is 0 Å². The molecule has 1 saturated heterocycles. The van der Waals surface area contributed by atoms with E-state index in [-0.39, 0.29) is 17.4 Å². The summed E-state index contributed by atoms with van der Waals surface area (Å²) in [6, 6.07) is 18.2. The van der Waals surface area contributed by atoms with Crippen LogP contribution < -0.4 is 15.0 Å². The lowest BCUT2D eigenvalue weighted by atomic mass is 10.1. The standard InChI is InChI=1S/C26H24ClN3O5S/c27-20-5-3-4-18(14-20)16-30-23-15-21(8-11-24(23)35-17-25(30)31)28-26(32)19-6-9-22(10-7-19)36(33,34)29-12-1-2-13-29/h3-11,14-15H,1-2,12-13,16-17H2,(H,28,32). The molecule has 8 nitrogen and oxygen atoms in total. The molecule has 3 aromatic rings. The number of nitrogens with zero attached hydrogens (tertiary/aromatic N) is 2. The first-order valence-electron chi connectivity index (χ1n) is 11.5. The molecule has 186 valence electrons. The minimum Gasteiger partial charge on any atom is -0.482 e. The minimum absolute atomic E-state index is 0.0774. The number of halogens is 1. The second-order valence-corrected chi connectivity index (χ2v) is 11.0. The Morgan fingerprint density at radius 1 is 1.00 bits per heavy atom. The van der Waals surface area contributed by atoms with Gasteiger partial charge in [0.1, 0.15) is 5.75 Å². The zero-order chi connectivity index (χ0) is 25.3. The number of carbonyl (C=O) groups excluding carboxylic acids is 2. The number of nitrogens with one attached hydrogen (secondary N) is 1. The van der Waals surface area contributed by atoms with Crippen LogP contribution >= 0.6 is 11.6 Å². The van der Waals surface area contributed by atoms with Gasteiger partial charge >= 0.3 is 0 Å². The zero-order valence-corrected chi connectivity index (χ0v) is 20.9. The summed E-state index contributed by atoms with van der Waals surface area (Å²) in [7, 11) is -3.55. The number of rotatable bonds is 6. The number of amides is 2. The van der Waals surface area contributed by atoms with Crippen LogP contribution in [0.5, 0.6) is 5.75 Å². The fourth-order valence-corrected chi connectivity index (χ4v) is 6.06. The molecule has 10 heteroatoms. The number of carbonyl (C=O) groups is 2. The summed E-state index contributed by atoms with van der Waals surface area (Å²) in [5.74, 6) is -0.0728. The lowest BCUT2D eigenvalue weighted by Gasteiger charge is -2.30. The first-order valence-corrected chi connectivity index (χ1v) is 13.4. The predicted octanol–water partition coefficient (Wildman–Crippen LogP) is 4.30. The van der Waals surface area contributed by atoms with E-state index >= 15 is 0 Å². The molecule has 36 heavy (non-hydrogen) atoms. The SMILES string of the molecule is O=C(Nc1ccc2c(c1)N(Cc1cccc(Cl)c1)C(=O)CO2)c1ccc(S(=O)(=O)N2CCCC2)cc1. The van der Waals surface area contributed by atoms with Crippen molar-refractivity contribution in [3.63, 3.8) is 0 Å². The Bertz CT molecular complexity index is 1420. The van der Waals surface area contributed by atoms with E-state index in [1.807, 2.05) is 12.1 Å². The molecule has 3 aromatic carbocycles. The van der Waals surface area contributed by atoms with Gasteiger partial charge in [-0.15, -0.1) is 0 Å². The maximum Gasteiger partial charge on any atom is 0.265 e. The third-order valence-corrected chi connectivity index (χ3v) is 8.36. The van der Waals surface area contributed by atoms with Crippen LogP contribution in [0.4, 0.5) is 11.4 Å². The number of ether oxygens (including phenoxy) is 1. The van der Waals surface area contributed by atoms with Gasteiger partial charge in [0.25, 0.3) is 11.8 Å². The van der Waals surface area contributed by atoms with Crippen molar-refractivity contribution in [3.8, 4) is 5.75 Å². The van der Waals surface area contributed by atoms with Gasteiger partial charge < -0.3 is 15.0 Å². The molecule has 0 unspecified atom stereocenters. The van der Waals surface area contributed by atoms with E-state index in [4.69, 9.17) is 16.3 Å². The smallest absolute Gasteiger partial charge is 0.265 e. The van der Waals surface area contributed by atoms with Gasteiger partial charge in [0.05, 0.1) is 17.1 Å². The molecule has 0 spiro atoms. The van der Waals surface area contributed by atoms with Gasteiger partial charge in [0, 0.05) is 29.4 Å². The van der Waals surface area contributed by atoms with Gasteiger partial charge in [-0.3, -0.25) is 9.59 Å². The van der Waals surface area contributed by atoms with Gasteiger partial charge in [-0.25, -0.2) is 8.42 Å². The van der Waals surface area contributed by atoms with E-state index in [1.165, 1.54) is 28.6 Å². The molecule has 1 fully saturated rings. The molecule has 0 radical (unpaired) electrons. The summed E-state index contributed by atoms with van der Waals surface area (Å²) >= 11 is 6.10. The average molecular weight is 526 g/mol. The van der Waals surface area contributed by atoms with E-state index in [0.717, 1.165) is 18.4 Å². The fourth-order valence-electron chi connectivity index (χ4n) is 4.33. The molecular formula is C26H24ClN3O5S. The van der Waals surface area contributed by atoms with Crippen LogP contribution in [-0.2, 0) is 21.4 Å². The van der Waals surface area contributed by atoms with E-state index in [1.54, 1.807) is 35.2 Å². The quantitative estimate of drug-likeness (QED) is 0.517. The van der Waals surface area contributed by atoms with Crippen LogP contribution in [0.25, 0.3) is 0 Å². The maximum atomic E-state index is 12.9. The lowest BCUT2D eigenvalue weighted by molar-refractivity contribution is -0.121. The molecule has 0 aromatic heterocycles. The molecule has 0 bridgehead atoms. The van der Waals surface area contributed by atoms with E-state index in [9.17, 15) is 18.0 Å². The normalized spacial score (nSPS) is 15.9. The Hall–Kier alpha value is -3.40. The highest BCUT2D eigenvalue weighted by Gasteiger charge is 2.28. The molecular weight excluding hydrogens is 502 g/mol. The topological polar surface area (TPSA) is 96.0 Å². The molecule has 5 rings (SSSR count). The predicted molar refractivity (Wildman–Crippen MR) is 137 cm³/mol. The summed E-state index contributed by atoms with van der Waals surface area (Å²) in [5.41, 5.74) is 2.19. The van der Waals surface area contributed by atoms with Gasteiger partial charge in [-0.2, -0.15) is 4.31 Å². The molecule has 0 saturated carbocycles. The molecule has 0 aliphatic carbocycles. The highest BCUT2D eigenvalue weighted by atomic mass is 35.5. The number of benzene rings is 3. The van der Waals surface area contributed by atoms with Crippen LogP contribution in [0.15, 0.2) is 71.6 Å². The van der Waals surface area contributed by atoms with Crippen molar-refractivity contribution in [2.45, 2.75) is 24.3 Å². The van der Waals surface area contributed by atoms with Crippen molar-refractivity contribution in [3.05, 3.63) is 82.9 Å². The number of sulfonamides is 1. The highest BCUT2D eigenvalue weighted by molar-refractivity contribution is 7.89. The second-order valence-electron chi connectivity index (χ2n) is 8.67. The van der Waals surface area contributed by atoms with Crippen molar-refractivity contribution in [1.29, 1.82) is 0 Å². The Morgan fingerprint density at radius 3 is 2.47 bits per heavy atom. The van der Waals surface area contributed by atoms with Crippen molar-refractivity contribution in [2.75, 3.05) is 29.9 Å². The fraction of sp³-hybridized carbons (Fsp3) is 0.231. The number of anilines is 2. The summed E-state index contributed by atoms with van der Waals surface area (Å²) in [4.78, 5) is 27.3. The first-order chi connectivity index (χ1) is 17.3. The zero-order valence-electron chi connectivity index (χ0n) is 19.3. The van der Waals surface area contributed by atoms with Crippen LogP contribution in [-0.4, -0.2) is 44.2 Å². The third kappa shape index (κ3) is 4.95. The Balaban J connectivity index is 1.34. The van der Waals surface area contributed by atoms with Gasteiger partial charge in [0.15, 0.2) is 6.61 Å². The lowest BCUT2D eigenvalue weighted by Crippen LogP contribution is -2.38. The van der Waals surface area contributed by atoms with E-state index < -0.39 is 15.9 Å². The first kappa shape index (κ1) is 24.3. The number of hydrogen-bond acceptors (Lipinski definition) is 5. The Morgan fingerprint density at radius 2 is 1.75 bits per heavy atom. The monoisotopic (exact) mass is 525 g/mol. The van der Waals surface area contributed by atoms with Crippen LogP contribution in [0.2, 0.25) is 5.02 Å². The molecule has 2 aliphatic rings. The number of hydrogen-bond donors (Lipinski definition) is 1. The summed E-state index contributed by atoms with van der Waals surface area (Å²) in [6.45, 7) is 1.26. The minimum atomic E-state index is -3.55. The van der Waals surface area contributed by atoms with Crippen molar-refractivity contribution in [1.82, 2.24) is 4.31 Å². The van der Waals surface area contributed by atoms with Crippen molar-refractivity contribution >= 4 is 44.8 Å². The molecule has 2 amide bonds. The van der Waals surface area contributed by atoms with Crippen LogP contribution in [0.3, 0.4) is 0 Å². The highest BCUT2D eigenvalue weighted by Crippen LogP contribution is 2.36. The summed E-state index contributed by atoms with van der Waals surface area (Å²) < 4.78 is 32.5. The molecule has 2 aliphatic heterocycles. The summed E-state index contributed by atoms with van der Waals surface area (Å²) in [6.07, 6.45) is 1.71. The van der Waals surface area contributed by atoms with Crippen molar-refractivity contribution in [2.24, 2.45) is 0 Å². The van der Waals surface area contributed by atoms with Gasteiger partial charge in [-0.1, -0.05) is 23.7 Å². The molecule has 0 atom stereocenters. The second kappa shape index (κ2) is 9.93. The summed E-state index contributed by atoms with van der Waals surface area (Å²) in [5, 5.41) is 3.39. The average Bonchev–Trinajstić information content (AvgIpc) is 3.42. The number of fused-ring (bicyclic) bond motifs is 1. The van der Waals surface area contributed by atoms with Gasteiger partial charge in [0.2, 0.25) is 10.0 Å². The Labute approximate surface area is 214 Å². The van der Waals surface area contributed by atoms with E-state index in [0.29, 0.717) is 47.3 Å². The molecule has 2 heterocycles. The van der Waals surface area contributed by atoms with Gasteiger partial charge in [-0.05, 0) is 73.0 Å². The van der Waals surface area contributed by atoms with E-state index in [2.05, 4.69) is 5.32 Å². The third-order valence-electron chi connectivity index (χ3n) is 6.21.